The Balaban J connectivity index is 2.81. The van der Waals surface area contributed by atoms with E-state index in [0.29, 0.717) is 9.92 Å². The van der Waals surface area contributed by atoms with Crippen LogP contribution < -0.4 is 0 Å². The Kier molecular flexibility index (Phi) is 4.91. The van der Waals surface area contributed by atoms with Crippen LogP contribution >= 0.6 is 23.4 Å². The lowest BCUT2D eigenvalue weighted by Gasteiger charge is -2.02. The largest absolute Gasteiger partial charge is 0.284 e. The van der Waals surface area contributed by atoms with Crippen LogP contribution in [0.4, 0.5) is 5.69 Å². The average molecular weight is 246 g/mol. The van der Waals surface area contributed by atoms with Crippen LogP contribution in [0.25, 0.3) is 0 Å². The maximum absolute atomic E-state index is 10.7. The van der Waals surface area contributed by atoms with Gasteiger partial charge in [-0.3, -0.25) is 10.1 Å². The molecule has 15 heavy (non-hydrogen) atoms. The van der Waals surface area contributed by atoms with Crippen LogP contribution in [0.15, 0.2) is 23.1 Å². The Morgan fingerprint density at radius 3 is 2.87 bits per heavy atom. The fourth-order valence-electron chi connectivity index (χ4n) is 1.08. The number of halogens is 1. The molecule has 0 bridgehead atoms. The smallest absolute Gasteiger partial charge is 0.258 e. The quantitative estimate of drug-likeness (QED) is 0.339. The van der Waals surface area contributed by atoms with E-state index in [2.05, 4.69) is 6.92 Å². The first-order valence-corrected chi connectivity index (χ1v) is 6.08. The van der Waals surface area contributed by atoms with Gasteiger partial charge in [0.05, 0.1) is 9.82 Å². The summed E-state index contributed by atoms with van der Waals surface area (Å²) in [5, 5.41) is 11.1. The van der Waals surface area contributed by atoms with Gasteiger partial charge in [-0.1, -0.05) is 24.9 Å². The molecule has 0 saturated carbocycles. The predicted molar refractivity (Wildman–Crippen MR) is 63.7 cm³/mol. The molecule has 0 aliphatic heterocycles. The summed E-state index contributed by atoms with van der Waals surface area (Å²) >= 11 is 7.22. The van der Waals surface area contributed by atoms with Gasteiger partial charge in [0.25, 0.3) is 5.69 Å². The summed E-state index contributed by atoms with van der Waals surface area (Å²) in [6.45, 7) is 2.09. The van der Waals surface area contributed by atoms with Crippen molar-refractivity contribution in [1.82, 2.24) is 0 Å². The molecule has 0 aliphatic rings. The minimum absolute atomic E-state index is 0.101. The summed E-state index contributed by atoms with van der Waals surface area (Å²) in [4.78, 5) is 11.0. The molecule has 1 aromatic carbocycles. The Hall–Kier alpha value is -0.740. The SMILES string of the molecule is CCCCSc1ccc(Cl)cc1[N+](=O)[O-]. The van der Waals surface area contributed by atoms with E-state index in [1.165, 1.54) is 17.8 Å². The average Bonchev–Trinajstić information content (AvgIpc) is 2.20. The van der Waals surface area contributed by atoms with Gasteiger partial charge in [0.15, 0.2) is 0 Å². The van der Waals surface area contributed by atoms with E-state index >= 15 is 0 Å². The fraction of sp³-hybridized carbons (Fsp3) is 0.400. The van der Waals surface area contributed by atoms with Crippen molar-refractivity contribution in [2.45, 2.75) is 24.7 Å². The van der Waals surface area contributed by atoms with Crippen molar-refractivity contribution in [3.05, 3.63) is 33.3 Å². The van der Waals surface area contributed by atoms with E-state index in [0.717, 1.165) is 18.6 Å². The van der Waals surface area contributed by atoms with E-state index in [1.54, 1.807) is 12.1 Å². The molecular formula is C10H12ClNO2S. The lowest BCUT2D eigenvalue weighted by atomic mass is 10.3. The van der Waals surface area contributed by atoms with E-state index in [4.69, 9.17) is 11.6 Å². The van der Waals surface area contributed by atoms with Gasteiger partial charge >= 0.3 is 0 Å². The molecule has 0 atom stereocenters. The highest BCUT2D eigenvalue weighted by atomic mass is 35.5. The zero-order chi connectivity index (χ0) is 11.3. The predicted octanol–water partition coefficient (Wildman–Crippen LogP) is 4.14. The lowest BCUT2D eigenvalue weighted by molar-refractivity contribution is -0.387. The van der Waals surface area contributed by atoms with Crippen molar-refractivity contribution in [3.63, 3.8) is 0 Å². The summed E-state index contributed by atoms with van der Waals surface area (Å²) in [5.74, 6) is 0.902. The normalized spacial score (nSPS) is 10.3. The first-order chi connectivity index (χ1) is 7.15. The van der Waals surface area contributed by atoms with Crippen molar-refractivity contribution in [2.75, 3.05) is 5.75 Å². The Morgan fingerprint density at radius 2 is 2.27 bits per heavy atom. The molecule has 0 fully saturated rings. The van der Waals surface area contributed by atoms with E-state index in [-0.39, 0.29) is 10.6 Å². The zero-order valence-electron chi connectivity index (χ0n) is 8.40. The van der Waals surface area contributed by atoms with Gasteiger partial charge in [-0.05, 0) is 24.3 Å². The van der Waals surface area contributed by atoms with Crippen LogP contribution in [-0.2, 0) is 0 Å². The molecule has 0 N–H and O–H groups in total. The minimum atomic E-state index is -0.389. The Morgan fingerprint density at radius 1 is 1.53 bits per heavy atom. The highest BCUT2D eigenvalue weighted by Gasteiger charge is 2.13. The van der Waals surface area contributed by atoms with Gasteiger partial charge in [0, 0.05) is 11.1 Å². The van der Waals surface area contributed by atoms with E-state index in [9.17, 15) is 10.1 Å². The van der Waals surface area contributed by atoms with Crippen LogP contribution in [0.5, 0.6) is 0 Å². The molecule has 1 aromatic rings. The number of hydrogen-bond acceptors (Lipinski definition) is 3. The number of nitro groups is 1. The molecule has 5 heteroatoms. The van der Waals surface area contributed by atoms with Crippen LogP contribution in [0.3, 0.4) is 0 Å². The molecule has 0 unspecified atom stereocenters. The molecule has 0 radical (unpaired) electrons. The number of rotatable bonds is 5. The molecule has 1 rings (SSSR count). The molecule has 0 aromatic heterocycles. The number of hydrogen-bond donors (Lipinski definition) is 0. The minimum Gasteiger partial charge on any atom is -0.258 e. The van der Waals surface area contributed by atoms with Crippen LogP contribution in [-0.4, -0.2) is 10.7 Å². The molecule has 0 amide bonds. The van der Waals surface area contributed by atoms with Crippen molar-refractivity contribution >= 4 is 29.1 Å². The van der Waals surface area contributed by atoms with Gasteiger partial charge in [-0.2, -0.15) is 0 Å². The summed E-state index contributed by atoms with van der Waals surface area (Å²) < 4.78 is 0. The molecule has 0 saturated heterocycles. The number of unbranched alkanes of at least 4 members (excludes halogenated alkanes) is 1. The first kappa shape index (κ1) is 12.3. The standard InChI is InChI=1S/C10H12ClNO2S/c1-2-3-6-15-10-5-4-8(11)7-9(10)12(13)14/h4-5,7H,2-3,6H2,1H3. The molecule has 0 aliphatic carbocycles. The number of thioether (sulfide) groups is 1. The van der Waals surface area contributed by atoms with E-state index in [1.807, 2.05) is 0 Å². The van der Waals surface area contributed by atoms with Crippen molar-refractivity contribution in [3.8, 4) is 0 Å². The fourth-order valence-corrected chi connectivity index (χ4v) is 2.35. The molecular weight excluding hydrogens is 234 g/mol. The molecule has 0 spiro atoms. The van der Waals surface area contributed by atoms with E-state index < -0.39 is 0 Å². The molecule has 0 heterocycles. The lowest BCUT2D eigenvalue weighted by Crippen LogP contribution is -1.91. The van der Waals surface area contributed by atoms with Gasteiger partial charge < -0.3 is 0 Å². The number of nitrogens with zero attached hydrogens (tertiary/aromatic N) is 1. The second-order valence-corrected chi connectivity index (χ2v) is 4.64. The summed E-state index contributed by atoms with van der Waals surface area (Å²) in [5.41, 5.74) is 0.101. The topological polar surface area (TPSA) is 43.1 Å². The highest BCUT2D eigenvalue weighted by Crippen LogP contribution is 2.31. The van der Waals surface area contributed by atoms with Crippen molar-refractivity contribution in [1.29, 1.82) is 0 Å². The Labute approximate surface area is 98.0 Å². The summed E-state index contributed by atoms with van der Waals surface area (Å²) in [6.07, 6.45) is 2.15. The third-order valence-electron chi connectivity index (χ3n) is 1.87. The molecule has 82 valence electrons. The Bertz CT molecular complexity index is 357. The van der Waals surface area contributed by atoms with Gasteiger partial charge in [-0.15, -0.1) is 11.8 Å². The third kappa shape index (κ3) is 3.72. The first-order valence-electron chi connectivity index (χ1n) is 4.72. The second kappa shape index (κ2) is 5.98. The van der Waals surface area contributed by atoms with Crippen LogP contribution in [0.2, 0.25) is 5.02 Å². The number of benzene rings is 1. The van der Waals surface area contributed by atoms with Crippen molar-refractivity contribution < 1.29 is 4.92 Å². The maximum atomic E-state index is 10.7. The summed E-state index contributed by atoms with van der Waals surface area (Å²) in [6, 6.07) is 4.79. The molecule has 3 nitrogen and oxygen atoms in total. The zero-order valence-corrected chi connectivity index (χ0v) is 9.98. The van der Waals surface area contributed by atoms with Crippen LogP contribution in [0.1, 0.15) is 19.8 Å². The summed E-state index contributed by atoms with van der Waals surface area (Å²) in [7, 11) is 0. The monoisotopic (exact) mass is 245 g/mol. The maximum Gasteiger partial charge on any atom is 0.284 e. The van der Waals surface area contributed by atoms with Crippen molar-refractivity contribution in [2.24, 2.45) is 0 Å². The highest BCUT2D eigenvalue weighted by molar-refractivity contribution is 7.99. The third-order valence-corrected chi connectivity index (χ3v) is 3.26. The van der Waals surface area contributed by atoms with Gasteiger partial charge in [0.2, 0.25) is 0 Å². The van der Waals surface area contributed by atoms with Crippen LogP contribution in [0, 0.1) is 10.1 Å². The second-order valence-electron chi connectivity index (χ2n) is 3.07. The van der Waals surface area contributed by atoms with Gasteiger partial charge in [-0.25, -0.2) is 0 Å². The van der Waals surface area contributed by atoms with Gasteiger partial charge in [0.1, 0.15) is 0 Å². The number of nitro benzene ring substituents is 1.